The van der Waals surface area contributed by atoms with Crippen LogP contribution in [0.25, 0.3) is 22.4 Å². The third-order valence-corrected chi connectivity index (χ3v) is 7.89. The number of amides is 1. The second-order valence-corrected chi connectivity index (χ2v) is 10.7. The Labute approximate surface area is 228 Å². The van der Waals surface area contributed by atoms with E-state index in [-0.39, 0.29) is 23.0 Å². The molecule has 0 atom stereocenters. The molecule has 4 aromatic rings. The van der Waals surface area contributed by atoms with E-state index in [2.05, 4.69) is 15.4 Å². The molecule has 0 aliphatic carbocycles. The molecule has 1 aliphatic rings. The molecule has 13 heteroatoms. The molecule has 2 aromatic heterocycles. The van der Waals surface area contributed by atoms with E-state index in [4.69, 9.17) is 4.74 Å². The molecule has 2 aromatic carbocycles. The smallest absolute Gasteiger partial charge is 0.269 e. The Morgan fingerprint density at radius 1 is 1.05 bits per heavy atom. The van der Waals surface area contributed by atoms with Gasteiger partial charge in [-0.25, -0.2) is 21.6 Å². The molecule has 40 heavy (non-hydrogen) atoms. The zero-order chi connectivity index (χ0) is 28.4. The second kappa shape index (κ2) is 11.1. The number of carbonyl (C=O) groups excluding carboxylic acids is 1. The number of aromatic nitrogens is 3. The Balaban J connectivity index is 1.61. The maximum absolute atomic E-state index is 16.0. The van der Waals surface area contributed by atoms with Crippen LogP contribution in [0.5, 0.6) is 0 Å². The van der Waals surface area contributed by atoms with E-state index in [1.807, 2.05) is 4.72 Å². The van der Waals surface area contributed by atoms with Crippen molar-refractivity contribution in [3.63, 3.8) is 0 Å². The molecule has 0 spiro atoms. The quantitative estimate of drug-likeness (QED) is 0.337. The van der Waals surface area contributed by atoms with Crippen molar-refractivity contribution in [2.75, 3.05) is 25.0 Å². The maximum atomic E-state index is 16.0. The Hall–Kier alpha value is -4.23. The lowest BCUT2D eigenvalue weighted by Crippen LogP contribution is -2.20. The van der Waals surface area contributed by atoms with Crippen LogP contribution in [0.3, 0.4) is 0 Å². The average Bonchev–Trinajstić information content (AvgIpc) is 3.41. The first kappa shape index (κ1) is 27.3. The highest BCUT2D eigenvalue weighted by Crippen LogP contribution is 2.37. The minimum atomic E-state index is -4.68. The topological polar surface area (TPSA) is 115 Å². The van der Waals surface area contributed by atoms with Gasteiger partial charge in [0.25, 0.3) is 15.9 Å². The minimum Gasteiger partial charge on any atom is -0.381 e. The molecule has 0 bridgehead atoms. The lowest BCUT2D eigenvalue weighted by atomic mass is 10.0. The van der Waals surface area contributed by atoms with Gasteiger partial charge in [-0.3, -0.25) is 19.2 Å². The molecular formula is C27H24F3N5O4S. The van der Waals surface area contributed by atoms with Crippen LogP contribution in [0.2, 0.25) is 0 Å². The molecule has 0 saturated carbocycles. The van der Waals surface area contributed by atoms with Gasteiger partial charge >= 0.3 is 0 Å². The van der Waals surface area contributed by atoms with E-state index in [1.54, 1.807) is 23.0 Å². The highest BCUT2D eigenvalue weighted by atomic mass is 32.2. The zero-order valence-electron chi connectivity index (χ0n) is 21.2. The summed E-state index contributed by atoms with van der Waals surface area (Å²) >= 11 is 0. The van der Waals surface area contributed by atoms with Crippen molar-refractivity contribution in [1.82, 2.24) is 20.1 Å². The van der Waals surface area contributed by atoms with Crippen LogP contribution in [-0.2, 0) is 14.8 Å². The number of nitrogens with one attached hydrogen (secondary N) is 2. The lowest BCUT2D eigenvalue weighted by Gasteiger charge is -2.22. The molecule has 0 unspecified atom stereocenters. The summed E-state index contributed by atoms with van der Waals surface area (Å²) in [4.78, 5) is 15.3. The van der Waals surface area contributed by atoms with Gasteiger partial charge in [-0.15, -0.1) is 0 Å². The number of carbonyl (C=O) groups is 1. The fourth-order valence-electron chi connectivity index (χ4n) is 4.47. The van der Waals surface area contributed by atoms with Gasteiger partial charge in [0.05, 0.1) is 11.7 Å². The van der Waals surface area contributed by atoms with Crippen LogP contribution in [0.4, 0.5) is 18.9 Å². The number of halogens is 3. The van der Waals surface area contributed by atoms with Gasteiger partial charge in [0, 0.05) is 43.8 Å². The lowest BCUT2D eigenvalue weighted by molar-refractivity contribution is 0.0663. The summed E-state index contributed by atoms with van der Waals surface area (Å²) in [5, 5.41) is 7.18. The Morgan fingerprint density at radius 2 is 1.82 bits per heavy atom. The summed E-state index contributed by atoms with van der Waals surface area (Å²) < 4.78 is 78.7. The largest absolute Gasteiger partial charge is 0.381 e. The van der Waals surface area contributed by atoms with E-state index in [9.17, 15) is 22.0 Å². The first-order valence-corrected chi connectivity index (χ1v) is 13.8. The third-order valence-electron chi connectivity index (χ3n) is 6.51. The normalized spacial score (nSPS) is 14.2. The fourth-order valence-corrected chi connectivity index (χ4v) is 5.62. The molecule has 208 valence electrons. The van der Waals surface area contributed by atoms with E-state index in [1.165, 1.54) is 31.4 Å². The average molecular weight is 572 g/mol. The summed E-state index contributed by atoms with van der Waals surface area (Å²) in [6.07, 6.45) is 4.56. The van der Waals surface area contributed by atoms with Gasteiger partial charge in [0.15, 0.2) is 5.82 Å². The van der Waals surface area contributed by atoms with Crippen molar-refractivity contribution < 1.29 is 31.1 Å². The van der Waals surface area contributed by atoms with Crippen molar-refractivity contribution in [3.8, 4) is 22.4 Å². The van der Waals surface area contributed by atoms with E-state index >= 15 is 4.39 Å². The van der Waals surface area contributed by atoms with Crippen molar-refractivity contribution in [3.05, 3.63) is 84.1 Å². The van der Waals surface area contributed by atoms with E-state index in [0.29, 0.717) is 49.3 Å². The number of sulfonamides is 1. The Morgan fingerprint density at radius 3 is 2.58 bits per heavy atom. The number of rotatable bonds is 7. The van der Waals surface area contributed by atoms with Crippen LogP contribution in [-0.4, -0.2) is 49.4 Å². The van der Waals surface area contributed by atoms with Gasteiger partial charge in [0.1, 0.15) is 27.9 Å². The summed E-state index contributed by atoms with van der Waals surface area (Å²) in [5.41, 5.74) is 0.829. The molecule has 5 rings (SSSR count). The van der Waals surface area contributed by atoms with Gasteiger partial charge in [-0.05, 0) is 60.9 Å². The monoisotopic (exact) mass is 571 g/mol. The number of hydrogen-bond donors (Lipinski definition) is 2. The molecule has 9 nitrogen and oxygen atoms in total. The van der Waals surface area contributed by atoms with Crippen molar-refractivity contribution in [1.29, 1.82) is 0 Å². The maximum Gasteiger partial charge on any atom is 0.269 e. The summed E-state index contributed by atoms with van der Waals surface area (Å²) in [6.45, 7) is 1.07. The molecule has 1 amide bonds. The van der Waals surface area contributed by atoms with Gasteiger partial charge < -0.3 is 10.1 Å². The summed E-state index contributed by atoms with van der Waals surface area (Å²) in [5.74, 6) is -3.53. The molecule has 0 radical (unpaired) electrons. The van der Waals surface area contributed by atoms with E-state index < -0.39 is 44.0 Å². The van der Waals surface area contributed by atoms with Crippen LogP contribution >= 0.6 is 0 Å². The highest BCUT2D eigenvalue weighted by molar-refractivity contribution is 7.92. The summed E-state index contributed by atoms with van der Waals surface area (Å²) in [6, 6.07) is 9.15. The van der Waals surface area contributed by atoms with Crippen LogP contribution in [0.1, 0.15) is 29.4 Å². The van der Waals surface area contributed by atoms with Crippen molar-refractivity contribution >= 4 is 21.6 Å². The molecule has 2 N–H and O–H groups in total. The first-order valence-electron chi connectivity index (χ1n) is 12.3. The predicted molar refractivity (Wildman–Crippen MR) is 140 cm³/mol. The van der Waals surface area contributed by atoms with Crippen LogP contribution in [0, 0.1) is 17.5 Å². The molecule has 1 fully saturated rings. The van der Waals surface area contributed by atoms with Gasteiger partial charge in [-0.2, -0.15) is 5.10 Å². The number of anilines is 1. The number of ether oxygens (including phenoxy) is 1. The van der Waals surface area contributed by atoms with Gasteiger partial charge in [-0.1, -0.05) is 6.07 Å². The Kier molecular flexibility index (Phi) is 7.59. The van der Waals surface area contributed by atoms with Crippen molar-refractivity contribution in [2.45, 2.75) is 23.8 Å². The van der Waals surface area contributed by atoms with Crippen LogP contribution in [0.15, 0.2) is 65.8 Å². The summed E-state index contributed by atoms with van der Waals surface area (Å²) in [7, 11) is -3.20. The number of hydrogen-bond acceptors (Lipinski definition) is 6. The highest BCUT2D eigenvalue weighted by Gasteiger charge is 2.26. The van der Waals surface area contributed by atoms with E-state index in [0.717, 1.165) is 6.07 Å². The van der Waals surface area contributed by atoms with Gasteiger partial charge in [0.2, 0.25) is 0 Å². The fraction of sp³-hybridized carbons (Fsp3) is 0.222. The molecule has 1 aliphatic heterocycles. The minimum absolute atomic E-state index is 0.0257. The third kappa shape index (κ3) is 5.42. The first-order chi connectivity index (χ1) is 19.2. The second-order valence-electron chi connectivity index (χ2n) is 9.07. The predicted octanol–water partition coefficient (Wildman–Crippen LogP) is 4.54. The number of pyridine rings is 1. The SMILES string of the molecule is CNC(=O)c1cc(-c2cn(C3CCOCC3)nc2-c2cccc(NS(=O)(=O)c3cc(F)ccc3F)c2F)ccn1. The molecule has 1 saturated heterocycles. The zero-order valence-corrected chi connectivity index (χ0v) is 22.0. The molecular weight excluding hydrogens is 547 g/mol. The van der Waals surface area contributed by atoms with Crippen LogP contribution < -0.4 is 10.0 Å². The Bertz CT molecular complexity index is 1690. The van der Waals surface area contributed by atoms with Crippen molar-refractivity contribution in [2.24, 2.45) is 0 Å². The number of nitrogens with zero attached hydrogens (tertiary/aromatic N) is 3. The number of benzene rings is 2. The standard InChI is InChI=1S/C27H24F3N5O4S/c1-31-27(36)23-13-16(7-10-32-23)20-15-35(18-8-11-39-12-9-18)33-26(20)19-3-2-4-22(25(19)30)34-40(37,38)24-14-17(28)5-6-21(24)29/h2-7,10,13-15,18,34H,8-9,11-12H2,1H3,(H,31,36). The molecule has 3 heterocycles.